The molecule has 0 spiro atoms. The van der Waals surface area contributed by atoms with Crippen molar-refractivity contribution in [3.63, 3.8) is 0 Å². The predicted octanol–water partition coefficient (Wildman–Crippen LogP) is 2.33. The maximum atomic E-state index is 12.8. The monoisotopic (exact) mass is 436 g/mol. The van der Waals surface area contributed by atoms with E-state index in [1.54, 1.807) is 18.2 Å². The van der Waals surface area contributed by atoms with Crippen molar-refractivity contribution >= 4 is 32.4 Å². The second-order valence-electron chi connectivity index (χ2n) is 7.19. The normalized spacial score (nSPS) is 28.1. The Balaban J connectivity index is 1.66. The number of rotatable bonds is 4. The molecule has 6 nitrogen and oxygen atoms in total. The van der Waals surface area contributed by atoms with Crippen molar-refractivity contribution < 1.29 is 29.7 Å². The van der Waals surface area contributed by atoms with Gasteiger partial charge in [-0.25, -0.2) is 0 Å². The molecule has 0 radical (unpaired) electrons. The van der Waals surface area contributed by atoms with Crippen molar-refractivity contribution in [3.8, 4) is 0 Å². The van der Waals surface area contributed by atoms with E-state index >= 15 is 0 Å². The van der Waals surface area contributed by atoms with Crippen LogP contribution in [0.4, 0.5) is 0 Å². The first-order valence-electron chi connectivity index (χ1n) is 9.21. The molecule has 0 amide bonds. The Labute approximate surface area is 175 Å². The van der Waals surface area contributed by atoms with Gasteiger partial charge in [-0.1, -0.05) is 35.9 Å². The Morgan fingerprint density at radius 2 is 1.76 bits per heavy atom. The summed E-state index contributed by atoms with van der Waals surface area (Å²) >= 11 is 6.36. The molecule has 8 heteroatoms. The van der Waals surface area contributed by atoms with E-state index in [2.05, 4.69) is 0 Å². The van der Waals surface area contributed by atoms with Gasteiger partial charge in [-0.15, -0.1) is 0 Å². The maximum Gasteiger partial charge on any atom is 0.179 e. The third-order valence-electron chi connectivity index (χ3n) is 5.33. The van der Waals surface area contributed by atoms with E-state index in [1.165, 1.54) is 0 Å². The van der Waals surface area contributed by atoms with E-state index in [1.807, 2.05) is 30.3 Å². The zero-order valence-corrected chi connectivity index (χ0v) is 16.9. The second-order valence-corrected chi connectivity index (χ2v) is 9.10. The molecular formula is C21H21ClO6S. The van der Waals surface area contributed by atoms with Crippen LogP contribution in [0.25, 0.3) is 10.1 Å². The molecule has 29 heavy (non-hydrogen) atoms. The minimum absolute atomic E-state index is 0.353. The topological polar surface area (TPSA) is 113 Å². The first kappa shape index (κ1) is 20.7. The highest BCUT2D eigenvalue weighted by molar-refractivity contribution is 7.31. The molecule has 2 aromatic carbocycles. The van der Waals surface area contributed by atoms with Crippen LogP contribution in [0.2, 0.25) is 5.02 Å². The Kier molecular flexibility index (Phi) is 5.92. The van der Waals surface area contributed by atoms with Gasteiger partial charge in [0.1, 0.15) is 30.5 Å². The molecule has 1 fully saturated rings. The number of aliphatic hydroxyl groups excluding tert-OH is 4. The molecule has 0 saturated carbocycles. The van der Waals surface area contributed by atoms with Gasteiger partial charge in [0.15, 0.2) is 9.58 Å². The fourth-order valence-corrected chi connectivity index (χ4v) is 5.26. The highest BCUT2D eigenvalue weighted by Gasteiger charge is 2.44. The zero-order valence-electron chi connectivity index (χ0n) is 15.3. The number of aliphatic hydroxyl groups is 4. The lowest BCUT2D eigenvalue weighted by Gasteiger charge is -2.40. The average Bonchev–Trinajstić information content (AvgIpc) is 3.04. The van der Waals surface area contributed by atoms with Crippen molar-refractivity contribution in [3.05, 3.63) is 69.6 Å². The standard InChI is InChI=1S/C21H21ClO6S/c22-15-6-5-12(21-20(26)19(25)18(24)16(10-23)28-21)7-13(15)9-14-8-11-3-1-2-4-17(11)29(14)27/h1-8,16,18-21,23-26H,9-10H2/t16-,18-,19+,20-,21?,29?/m1/s1. The van der Waals surface area contributed by atoms with Crippen molar-refractivity contribution in [1.82, 2.24) is 0 Å². The molecule has 154 valence electrons. The minimum Gasteiger partial charge on any atom is -0.590 e. The number of halogens is 1. The second kappa shape index (κ2) is 8.29. The molecule has 1 saturated heterocycles. The van der Waals surface area contributed by atoms with Crippen LogP contribution < -0.4 is 0 Å². The molecule has 0 bridgehead atoms. The van der Waals surface area contributed by atoms with Gasteiger partial charge < -0.3 is 29.7 Å². The van der Waals surface area contributed by atoms with Crippen molar-refractivity contribution in [2.24, 2.45) is 0 Å². The largest absolute Gasteiger partial charge is 0.590 e. The molecule has 2 unspecified atom stereocenters. The Bertz CT molecular complexity index is 1020. The molecule has 3 aromatic rings. The highest BCUT2D eigenvalue weighted by Crippen LogP contribution is 2.38. The zero-order chi connectivity index (χ0) is 20.7. The Morgan fingerprint density at radius 1 is 1.00 bits per heavy atom. The van der Waals surface area contributed by atoms with E-state index < -0.39 is 47.9 Å². The fraction of sp³-hybridized carbons (Fsp3) is 0.333. The molecular weight excluding hydrogens is 416 g/mol. The van der Waals surface area contributed by atoms with Crippen LogP contribution in [-0.4, -0.2) is 56.0 Å². The van der Waals surface area contributed by atoms with Crippen LogP contribution in [-0.2, 0) is 11.2 Å². The molecule has 2 heterocycles. The van der Waals surface area contributed by atoms with E-state index in [0.29, 0.717) is 22.6 Å². The number of thiophene rings is 1. The summed E-state index contributed by atoms with van der Waals surface area (Å²) in [5, 5.41) is 41.2. The molecule has 0 aliphatic carbocycles. The van der Waals surface area contributed by atoms with Gasteiger partial charge >= 0.3 is 0 Å². The van der Waals surface area contributed by atoms with Crippen LogP contribution in [0.3, 0.4) is 0 Å². The van der Waals surface area contributed by atoms with E-state index in [-0.39, 0.29) is 0 Å². The van der Waals surface area contributed by atoms with E-state index in [9.17, 15) is 25.0 Å². The lowest BCUT2D eigenvalue weighted by atomic mass is 9.90. The molecule has 1 aromatic heterocycles. The summed E-state index contributed by atoms with van der Waals surface area (Å²) in [6.45, 7) is -0.494. The summed E-state index contributed by atoms with van der Waals surface area (Å²) in [5.41, 5.74) is 1.25. The minimum atomic E-state index is -1.45. The van der Waals surface area contributed by atoms with Gasteiger partial charge in [-0.3, -0.25) is 0 Å². The Hall–Kier alpha value is -1.55. The van der Waals surface area contributed by atoms with Crippen molar-refractivity contribution in [1.29, 1.82) is 0 Å². The maximum absolute atomic E-state index is 12.8. The third kappa shape index (κ3) is 3.81. The Morgan fingerprint density at radius 3 is 2.48 bits per heavy atom. The fourth-order valence-electron chi connectivity index (χ4n) is 3.73. The van der Waals surface area contributed by atoms with Crippen molar-refractivity contribution in [2.45, 2.75) is 36.9 Å². The number of hydrogen-bond donors (Lipinski definition) is 4. The van der Waals surface area contributed by atoms with E-state index in [4.69, 9.17) is 16.3 Å². The van der Waals surface area contributed by atoms with Crippen LogP contribution >= 0.6 is 22.4 Å². The summed E-state index contributed by atoms with van der Waals surface area (Å²) in [4.78, 5) is 0.721. The summed E-state index contributed by atoms with van der Waals surface area (Å²) in [7, 11) is -1.26. The third-order valence-corrected chi connectivity index (χ3v) is 7.21. The van der Waals surface area contributed by atoms with Gasteiger partial charge in [0.25, 0.3) is 0 Å². The van der Waals surface area contributed by atoms with E-state index in [0.717, 1.165) is 15.0 Å². The van der Waals surface area contributed by atoms with Gasteiger partial charge in [0.05, 0.1) is 6.61 Å². The summed E-state index contributed by atoms with van der Waals surface area (Å²) < 4.78 is 19.2. The molecule has 1 aliphatic heterocycles. The SMILES string of the molecule is [O-][s+]1c(Cc2cc(C3O[C@H](CO)[C@@H](O)[C@H](O)[C@H]3O)ccc2Cl)cc2ccccc21. The van der Waals surface area contributed by atoms with Gasteiger partial charge in [0, 0.05) is 22.9 Å². The number of fused-ring (bicyclic) bond motifs is 1. The number of hydrogen-bond acceptors (Lipinski definition) is 6. The van der Waals surface area contributed by atoms with Crippen LogP contribution in [0.15, 0.2) is 48.5 Å². The van der Waals surface area contributed by atoms with Crippen LogP contribution in [0.1, 0.15) is 22.1 Å². The van der Waals surface area contributed by atoms with Gasteiger partial charge in [-0.05, 0) is 40.1 Å². The van der Waals surface area contributed by atoms with Crippen molar-refractivity contribution in [2.75, 3.05) is 6.61 Å². The van der Waals surface area contributed by atoms with Crippen LogP contribution in [0, 0.1) is 0 Å². The highest BCUT2D eigenvalue weighted by atomic mass is 35.5. The first-order chi connectivity index (χ1) is 13.9. The molecule has 6 atom stereocenters. The molecule has 4 N–H and O–H groups in total. The number of benzene rings is 2. The summed E-state index contributed by atoms with van der Waals surface area (Å²) in [5.74, 6) is 0. The van der Waals surface area contributed by atoms with Gasteiger partial charge in [-0.2, -0.15) is 0 Å². The predicted molar refractivity (Wildman–Crippen MR) is 110 cm³/mol. The smallest absolute Gasteiger partial charge is 0.179 e. The lowest BCUT2D eigenvalue weighted by Crippen LogP contribution is -2.55. The first-order valence-corrected chi connectivity index (χ1v) is 10.7. The average molecular weight is 437 g/mol. The molecule has 1 aliphatic rings. The quantitative estimate of drug-likeness (QED) is 0.467. The van der Waals surface area contributed by atoms with Gasteiger partial charge in [0.2, 0.25) is 0 Å². The summed E-state index contributed by atoms with van der Waals surface area (Å²) in [6, 6.07) is 14.4. The molecule has 4 rings (SSSR count). The summed E-state index contributed by atoms with van der Waals surface area (Å²) in [6.07, 6.45) is -5.82. The lowest BCUT2D eigenvalue weighted by molar-refractivity contribution is -0.231. The van der Waals surface area contributed by atoms with Crippen LogP contribution in [0.5, 0.6) is 0 Å². The number of ether oxygens (including phenoxy) is 1.